The number of aliphatic hydroxyl groups is 1. The summed E-state index contributed by atoms with van der Waals surface area (Å²) in [4.78, 5) is 49.1. The minimum Gasteiger partial charge on any atom is -0.494 e. The van der Waals surface area contributed by atoms with E-state index in [9.17, 15) is 19.5 Å². The van der Waals surface area contributed by atoms with Gasteiger partial charge in [0.05, 0.1) is 42.2 Å². The number of aliphatic hydroxyl groups excluding tert-OH is 1. The summed E-state index contributed by atoms with van der Waals surface area (Å²) in [7, 11) is 0. The van der Waals surface area contributed by atoms with E-state index in [0.29, 0.717) is 42.9 Å². The molecule has 4 aliphatic heterocycles. The van der Waals surface area contributed by atoms with Gasteiger partial charge in [-0.2, -0.15) is 0 Å². The molecule has 47 heavy (non-hydrogen) atoms. The number of fused-ring (bicyclic) bond motifs is 3. The fraction of sp³-hybridized carbons (Fsp3) is 0.457. The first-order valence-corrected chi connectivity index (χ1v) is 16.4. The number of rotatable bonds is 9. The van der Waals surface area contributed by atoms with E-state index in [2.05, 4.69) is 10.3 Å². The van der Waals surface area contributed by atoms with Crippen LogP contribution in [0, 0.1) is 11.8 Å². The molecule has 4 aliphatic rings. The normalized spacial score (nSPS) is 29.1. The number of aromatic nitrogens is 3. The van der Waals surface area contributed by atoms with Gasteiger partial charge in [0.25, 0.3) is 5.91 Å². The van der Waals surface area contributed by atoms with Crippen molar-refractivity contribution in [3.63, 3.8) is 0 Å². The van der Waals surface area contributed by atoms with Crippen molar-refractivity contribution >= 4 is 34.4 Å². The highest BCUT2D eigenvalue weighted by Crippen LogP contribution is 2.59. The van der Waals surface area contributed by atoms with Gasteiger partial charge in [0.2, 0.25) is 11.8 Å². The number of amides is 3. The highest BCUT2D eigenvalue weighted by molar-refractivity contribution is 6.04. The van der Waals surface area contributed by atoms with Crippen LogP contribution in [0.4, 0.5) is 5.69 Å². The molecule has 7 rings (SSSR count). The maximum Gasteiger partial charge on any atom is 0.250 e. The van der Waals surface area contributed by atoms with Crippen molar-refractivity contribution in [2.45, 2.75) is 63.6 Å². The van der Waals surface area contributed by atoms with Crippen molar-refractivity contribution in [1.82, 2.24) is 24.8 Å². The topological polar surface area (TPSA) is 130 Å². The molecule has 1 N–H and O–H groups in total. The standard InChI is InChI=1S/C35H40N6O6/c1-4-23(21-42)41-30-33(45)38(22-40-27-12-8-7-11-26(27)36-37-40)19-10-18-35(30)29(32(41)44)28-31(43)39(20-9-17-34(28,5-2)47-35)24-13-15-25(16-14-24)46-6-3/h7-18,23,28-30,42H,4-6,19-22H2,1-3H3/t23-,28-,29-,30?,34+,35-/m0/s1. The van der Waals surface area contributed by atoms with Crippen LogP contribution >= 0.6 is 0 Å². The number of anilines is 1. The van der Waals surface area contributed by atoms with Crippen LogP contribution in [0.3, 0.4) is 0 Å². The summed E-state index contributed by atoms with van der Waals surface area (Å²) in [5.74, 6) is -2.13. The van der Waals surface area contributed by atoms with Crippen molar-refractivity contribution in [3.8, 4) is 5.75 Å². The molecule has 0 bridgehead atoms. The Labute approximate surface area is 273 Å². The van der Waals surface area contributed by atoms with E-state index < -0.39 is 35.1 Å². The number of carbonyl (C=O) groups excluding carboxylic acids is 3. The fourth-order valence-electron chi connectivity index (χ4n) is 7.98. The van der Waals surface area contributed by atoms with Gasteiger partial charge in [0, 0.05) is 18.8 Å². The Morgan fingerprint density at radius 3 is 2.45 bits per heavy atom. The van der Waals surface area contributed by atoms with E-state index in [1.807, 2.05) is 93.6 Å². The summed E-state index contributed by atoms with van der Waals surface area (Å²) in [5, 5.41) is 19.0. The van der Waals surface area contributed by atoms with Gasteiger partial charge in [-0.15, -0.1) is 5.10 Å². The third kappa shape index (κ3) is 4.68. The van der Waals surface area contributed by atoms with Crippen LogP contribution in [0.1, 0.15) is 33.6 Å². The Morgan fingerprint density at radius 2 is 1.72 bits per heavy atom. The number of likely N-dealkylation sites (tertiary alicyclic amines) is 1. The van der Waals surface area contributed by atoms with E-state index >= 15 is 0 Å². The molecule has 0 aliphatic carbocycles. The second-order valence-corrected chi connectivity index (χ2v) is 12.6. The summed E-state index contributed by atoms with van der Waals surface area (Å²) in [5.41, 5.74) is -0.396. The first kappa shape index (κ1) is 31.1. The maximum absolute atomic E-state index is 14.8. The molecular weight excluding hydrogens is 600 g/mol. The molecule has 2 aromatic carbocycles. The second kappa shape index (κ2) is 11.9. The molecule has 2 saturated heterocycles. The minimum atomic E-state index is -1.43. The Morgan fingerprint density at radius 1 is 0.957 bits per heavy atom. The molecule has 1 aromatic heterocycles. The molecule has 0 saturated carbocycles. The van der Waals surface area contributed by atoms with Crippen LogP contribution in [-0.4, -0.2) is 97.2 Å². The van der Waals surface area contributed by atoms with Gasteiger partial charge in [-0.25, -0.2) is 4.68 Å². The van der Waals surface area contributed by atoms with Crippen molar-refractivity contribution < 1.29 is 29.0 Å². The number of benzene rings is 2. The lowest BCUT2D eigenvalue weighted by atomic mass is 9.73. The zero-order chi connectivity index (χ0) is 32.9. The lowest BCUT2D eigenvalue weighted by molar-refractivity contribution is -0.156. The maximum atomic E-state index is 14.8. The highest BCUT2D eigenvalue weighted by atomic mass is 16.5. The van der Waals surface area contributed by atoms with Crippen LogP contribution in [0.2, 0.25) is 0 Å². The number of hydrogen-bond donors (Lipinski definition) is 1. The Bertz CT molecular complexity index is 1750. The summed E-state index contributed by atoms with van der Waals surface area (Å²) in [6, 6.07) is 13.1. The first-order chi connectivity index (χ1) is 22.8. The molecule has 0 radical (unpaired) electrons. The zero-order valence-electron chi connectivity index (χ0n) is 26.9. The molecule has 2 fully saturated rings. The Hall–Kier alpha value is -4.55. The number of para-hydroxylation sites is 1. The smallest absolute Gasteiger partial charge is 0.250 e. The summed E-state index contributed by atoms with van der Waals surface area (Å²) >= 11 is 0. The molecule has 3 amide bonds. The first-order valence-electron chi connectivity index (χ1n) is 16.4. The average molecular weight is 641 g/mol. The Kier molecular flexibility index (Phi) is 7.88. The summed E-state index contributed by atoms with van der Waals surface area (Å²) in [6.07, 6.45) is 8.35. The fourth-order valence-corrected chi connectivity index (χ4v) is 7.98. The van der Waals surface area contributed by atoms with Crippen LogP contribution < -0.4 is 9.64 Å². The largest absolute Gasteiger partial charge is 0.494 e. The van der Waals surface area contributed by atoms with Crippen LogP contribution in [0.25, 0.3) is 11.0 Å². The monoisotopic (exact) mass is 640 g/mol. The quantitative estimate of drug-likeness (QED) is 0.354. The lowest BCUT2D eigenvalue weighted by Crippen LogP contribution is -2.59. The minimum absolute atomic E-state index is 0.103. The van der Waals surface area contributed by atoms with Crippen LogP contribution in [-0.2, 0) is 25.8 Å². The molecule has 12 nitrogen and oxygen atoms in total. The predicted molar refractivity (Wildman–Crippen MR) is 173 cm³/mol. The lowest BCUT2D eigenvalue weighted by Gasteiger charge is -2.40. The molecule has 12 heteroatoms. The summed E-state index contributed by atoms with van der Waals surface area (Å²) in [6.45, 7) is 6.57. The third-order valence-corrected chi connectivity index (χ3v) is 10.2. The van der Waals surface area contributed by atoms with Gasteiger partial charge < -0.3 is 29.3 Å². The van der Waals surface area contributed by atoms with Gasteiger partial charge >= 0.3 is 0 Å². The van der Waals surface area contributed by atoms with E-state index in [1.165, 1.54) is 4.90 Å². The average Bonchev–Trinajstić information content (AvgIpc) is 3.63. The Balaban J connectivity index is 1.31. The van der Waals surface area contributed by atoms with Crippen molar-refractivity contribution in [3.05, 3.63) is 72.8 Å². The summed E-state index contributed by atoms with van der Waals surface area (Å²) < 4.78 is 14.4. The van der Waals surface area contributed by atoms with Gasteiger partial charge in [0.1, 0.15) is 29.6 Å². The third-order valence-electron chi connectivity index (χ3n) is 10.2. The number of ether oxygens (including phenoxy) is 2. The van der Waals surface area contributed by atoms with Gasteiger partial charge in [-0.1, -0.05) is 55.5 Å². The van der Waals surface area contributed by atoms with Crippen LogP contribution in [0.5, 0.6) is 5.75 Å². The number of carbonyl (C=O) groups is 3. The van der Waals surface area contributed by atoms with Gasteiger partial charge in [-0.05, 0) is 56.2 Å². The SMILES string of the molecule is CCOc1ccc(N2CC=C[C@@]3(CC)O[C@]45C=CCN(Cn6nnc7ccccc76)C(=O)C4N([C@@H](CC)CO)C(=O)[C@@H]5[C@H]3C2=O)cc1. The second-order valence-electron chi connectivity index (χ2n) is 12.6. The molecule has 3 aromatic rings. The highest BCUT2D eigenvalue weighted by Gasteiger charge is 2.76. The molecule has 1 unspecified atom stereocenters. The van der Waals surface area contributed by atoms with Crippen molar-refractivity contribution in [2.75, 3.05) is 31.2 Å². The predicted octanol–water partition coefficient (Wildman–Crippen LogP) is 2.92. The number of nitrogens with zero attached hydrogens (tertiary/aromatic N) is 6. The molecule has 246 valence electrons. The van der Waals surface area contributed by atoms with Crippen molar-refractivity contribution in [1.29, 1.82) is 0 Å². The van der Waals surface area contributed by atoms with E-state index in [0.717, 1.165) is 5.52 Å². The van der Waals surface area contributed by atoms with E-state index in [-0.39, 0.29) is 37.5 Å². The molecule has 5 heterocycles. The molecule has 1 spiro atoms. The van der Waals surface area contributed by atoms with Crippen LogP contribution in [0.15, 0.2) is 72.8 Å². The molecular formula is C35H40N6O6. The van der Waals surface area contributed by atoms with E-state index in [4.69, 9.17) is 9.47 Å². The zero-order valence-corrected chi connectivity index (χ0v) is 26.9. The van der Waals surface area contributed by atoms with Gasteiger partial charge in [0.15, 0.2) is 0 Å². The molecule has 6 atom stereocenters. The van der Waals surface area contributed by atoms with Crippen molar-refractivity contribution in [2.24, 2.45) is 11.8 Å². The van der Waals surface area contributed by atoms with E-state index in [1.54, 1.807) is 14.5 Å². The number of hydrogen-bond acceptors (Lipinski definition) is 8. The van der Waals surface area contributed by atoms with Gasteiger partial charge in [-0.3, -0.25) is 14.4 Å².